The molecule has 1 aliphatic heterocycles. The summed E-state index contributed by atoms with van der Waals surface area (Å²) in [5.41, 5.74) is 3.95. The molecule has 1 unspecified atom stereocenters. The van der Waals surface area contributed by atoms with Crippen molar-refractivity contribution in [2.24, 2.45) is 0 Å². The van der Waals surface area contributed by atoms with Gasteiger partial charge in [0.15, 0.2) is 11.5 Å². The maximum Gasteiger partial charge on any atom is 0.227 e. The highest BCUT2D eigenvalue weighted by Crippen LogP contribution is 2.34. The van der Waals surface area contributed by atoms with E-state index in [2.05, 4.69) is 10.6 Å². The molecule has 1 fully saturated rings. The lowest BCUT2D eigenvalue weighted by Gasteiger charge is -2.18. The minimum absolute atomic E-state index is 0.00996. The first-order valence-electron chi connectivity index (χ1n) is 12.5. The molecule has 1 amide bonds. The number of ether oxygens (including phenoxy) is 2. The third-order valence-corrected chi connectivity index (χ3v) is 6.89. The zero-order chi connectivity index (χ0) is 25.8. The van der Waals surface area contributed by atoms with E-state index in [4.69, 9.17) is 26.1 Å². The van der Waals surface area contributed by atoms with Crippen molar-refractivity contribution in [2.75, 3.05) is 25.2 Å². The van der Waals surface area contributed by atoms with Crippen LogP contribution < -0.4 is 14.4 Å². The standard InChI is InChI=1S/C30H30ClN3O3/c1-3-7-21-10-15-27(28(18-21)36-2)37-17-6-16-33-26-9-5-4-8-25(26)32-30(33)22-19-29(35)34(20-22)24-13-11-23(31)12-14-24/h3-5,7-15,18,22H,6,16-17,19-20H2,1-2H3/b7-3+. The lowest BCUT2D eigenvalue weighted by atomic mass is 10.1. The number of hydrogen-bond donors (Lipinski definition) is 0. The normalized spacial score (nSPS) is 15.7. The Morgan fingerprint density at radius 1 is 1.08 bits per heavy atom. The summed E-state index contributed by atoms with van der Waals surface area (Å²) in [6, 6.07) is 21.5. The lowest BCUT2D eigenvalue weighted by molar-refractivity contribution is -0.117. The second-order valence-electron chi connectivity index (χ2n) is 9.10. The van der Waals surface area contributed by atoms with Gasteiger partial charge in [-0.15, -0.1) is 0 Å². The van der Waals surface area contributed by atoms with Crippen molar-refractivity contribution in [3.8, 4) is 11.5 Å². The van der Waals surface area contributed by atoms with Crippen LogP contribution in [0.3, 0.4) is 0 Å². The number of carbonyl (C=O) groups is 1. The number of amides is 1. The molecule has 0 spiro atoms. The van der Waals surface area contributed by atoms with Gasteiger partial charge in [-0.2, -0.15) is 0 Å². The summed E-state index contributed by atoms with van der Waals surface area (Å²) in [6.45, 7) is 3.85. The number of anilines is 1. The summed E-state index contributed by atoms with van der Waals surface area (Å²) in [5.74, 6) is 2.50. The summed E-state index contributed by atoms with van der Waals surface area (Å²) in [6.07, 6.45) is 5.24. The number of fused-ring (bicyclic) bond motifs is 1. The minimum atomic E-state index is 0.00996. The molecule has 0 bridgehead atoms. The number of halogens is 1. The van der Waals surface area contributed by atoms with Crippen LogP contribution in [0.5, 0.6) is 11.5 Å². The Labute approximate surface area is 222 Å². The molecule has 0 radical (unpaired) electrons. The van der Waals surface area contributed by atoms with Crippen LogP contribution in [0.1, 0.15) is 37.1 Å². The molecule has 1 saturated heterocycles. The molecule has 0 N–H and O–H groups in total. The van der Waals surface area contributed by atoms with Crippen LogP contribution in [-0.2, 0) is 11.3 Å². The molecule has 190 valence electrons. The van der Waals surface area contributed by atoms with Crippen LogP contribution in [0.25, 0.3) is 17.1 Å². The Morgan fingerprint density at radius 3 is 2.68 bits per heavy atom. The van der Waals surface area contributed by atoms with Crippen molar-refractivity contribution in [3.05, 3.63) is 89.2 Å². The fourth-order valence-electron chi connectivity index (χ4n) is 4.90. The second kappa shape index (κ2) is 11.1. The van der Waals surface area contributed by atoms with Crippen molar-refractivity contribution in [1.29, 1.82) is 0 Å². The van der Waals surface area contributed by atoms with Crippen molar-refractivity contribution in [3.63, 3.8) is 0 Å². The number of allylic oxidation sites excluding steroid dienone is 1. The summed E-state index contributed by atoms with van der Waals surface area (Å²) in [5, 5.41) is 0.655. The predicted molar refractivity (Wildman–Crippen MR) is 149 cm³/mol. The highest BCUT2D eigenvalue weighted by Gasteiger charge is 2.34. The van der Waals surface area contributed by atoms with Gasteiger partial charge in [-0.05, 0) is 67.4 Å². The van der Waals surface area contributed by atoms with Crippen LogP contribution in [0.2, 0.25) is 5.02 Å². The minimum Gasteiger partial charge on any atom is -0.493 e. The first-order valence-corrected chi connectivity index (χ1v) is 12.9. The van der Waals surface area contributed by atoms with Gasteiger partial charge < -0.3 is 18.9 Å². The summed E-state index contributed by atoms with van der Waals surface area (Å²) in [4.78, 5) is 19.7. The van der Waals surface area contributed by atoms with E-state index >= 15 is 0 Å². The van der Waals surface area contributed by atoms with E-state index in [1.165, 1.54) is 0 Å². The van der Waals surface area contributed by atoms with Crippen molar-refractivity contribution in [2.45, 2.75) is 32.2 Å². The van der Waals surface area contributed by atoms with Gasteiger partial charge in [0.1, 0.15) is 5.82 Å². The zero-order valence-corrected chi connectivity index (χ0v) is 21.8. The van der Waals surface area contributed by atoms with Gasteiger partial charge in [-0.25, -0.2) is 4.98 Å². The van der Waals surface area contributed by atoms with Crippen LogP contribution in [0, 0.1) is 0 Å². The lowest BCUT2D eigenvalue weighted by Crippen LogP contribution is -2.24. The molecule has 37 heavy (non-hydrogen) atoms. The summed E-state index contributed by atoms with van der Waals surface area (Å²) >= 11 is 6.04. The second-order valence-corrected chi connectivity index (χ2v) is 9.54. The van der Waals surface area contributed by atoms with Gasteiger partial charge in [0.05, 0.1) is 24.8 Å². The Morgan fingerprint density at radius 2 is 1.89 bits per heavy atom. The first-order chi connectivity index (χ1) is 18.1. The quantitative estimate of drug-likeness (QED) is 0.232. The van der Waals surface area contributed by atoms with Crippen molar-refractivity contribution < 1.29 is 14.3 Å². The maximum absolute atomic E-state index is 12.9. The van der Waals surface area contributed by atoms with Gasteiger partial charge >= 0.3 is 0 Å². The van der Waals surface area contributed by atoms with Gasteiger partial charge in [0.25, 0.3) is 0 Å². The Hall–Kier alpha value is -3.77. The van der Waals surface area contributed by atoms with E-state index in [1.54, 1.807) is 7.11 Å². The molecule has 4 aromatic rings. The SMILES string of the molecule is C/C=C/c1ccc(OCCCn2c(C3CC(=O)N(c4ccc(Cl)cc4)C3)nc3ccccc32)c(OC)c1. The molecule has 6 nitrogen and oxygen atoms in total. The van der Waals surface area contributed by atoms with E-state index < -0.39 is 0 Å². The van der Waals surface area contributed by atoms with Crippen molar-refractivity contribution in [1.82, 2.24) is 9.55 Å². The van der Waals surface area contributed by atoms with E-state index in [0.717, 1.165) is 52.6 Å². The molecule has 1 aliphatic rings. The number of hydrogen-bond acceptors (Lipinski definition) is 4. The van der Waals surface area contributed by atoms with Gasteiger partial charge in [0, 0.05) is 36.1 Å². The largest absolute Gasteiger partial charge is 0.493 e. The Kier molecular flexibility index (Phi) is 7.47. The average molecular weight is 516 g/mol. The molecular formula is C30H30ClN3O3. The van der Waals surface area contributed by atoms with E-state index in [9.17, 15) is 4.79 Å². The first kappa shape index (κ1) is 24.9. The number of aryl methyl sites for hydroxylation is 1. The van der Waals surface area contributed by atoms with Gasteiger partial charge in [-0.3, -0.25) is 4.79 Å². The number of methoxy groups -OCH3 is 1. The molecule has 0 saturated carbocycles. The van der Waals surface area contributed by atoms with Gasteiger partial charge in [0.2, 0.25) is 5.91 Å². The molecule has 2 heterocycles. The Balaban J connectivity index is 1.31. The average Bonchev–Trinajstić information content (AvgIpc) is 3.48. The number of nitrogens with zero attached hydrogens (tertiary/aromatic N) is 3. The fraction of sp³-hybridized carbons (Fsp3) is 0.267. The highest BCUT2D eigenvalue weighted by molar-refractivity contribution is 6.30. The number of rotatable bonds is 9. The van der Waals surface area contributed by atoms with Gasteiger partial charge in [-0.1, -0.05) is 42.0 Å². The molecular weight excluding hydrogens is 486 g/mol. The number of aromatic nitrogens is 2. The van der Waals surface area contributed by atoms with E-state index in [-0.39, 0.29) is 11.8 Å². The number of para-hydroxylation sites is 2. The summed E-state index contributed by atoms with van der Waals surface area (Å²) < 4.78 is 13.9. The monoisotopic (exact) mass is 515 g/mol. The third kappa shape index (κ3) is 5.35. The highest BCUT2D eigenvalue weighted by atomic mass is 35.5. The molecule has 7 heteroatoms. The molecule has 1 atom stereocenters. The van der Waals surface area contributed by atoms with Crippen LogP contribution in [0.15, 0.2) is 72.8 Å². The van der Waals surface area contributed by atoms with E-state index in [1.807, 2.05) is 84.6 Å². The number of carbonyl (C=O) groups excluding carboxylic acids is 1. The van der Waals surface area contributed by atoms with Crippen molar-refractivity contribution >= 4 is 40.3 Å². The Bertz CT molecular complexity index is 1430. The smallest absolute Gasteiger partial charge is 0.227 e. The topological polar surface area (TPSA) is 56.6 Å². The molecule has 5 rings (SSSR count). The van der Waals surface area contributed by atoms with E-state index in [0.29, 0.717) is 24.6 Å². The van der Waals surface area contributed by atoms with Crippen LogP contribution >= 0.6 is 11.6 Å². The number of imidazole rings is 1. The molecule has 1 aromatic heterocycles. The fourth-order valence-corrected chi connectivity index (χ4v) is 5.02. The van der Waals surface area contributed by atoms with Crippen LogP contribution in [0.4, 0.5) is 5.69 Å². The molecule has 0 aliphatic carbocycles. The predicted octanol–water partition coefficient (Wildman–Crippen LogP) is 6.72. The number of benzene rings is 3. The summed E-state index contributed by atoms with van der Waals surface area (Å²) in [7, 11) is 1.65. The maximum atomic E-state index is 12.9. The zero-order valence-electron chi connectivity index (χ0n) is 21.1. The third-order valence-electron chi connectivity index (χ3n) is 6.64. The molecule has 3 aromatic carbocycles. The van der Waals surface area contributed by atoms with Crippen LogP contribution in [-0.4, -0.2) is 35.7 Å².